The average Bonchev–Trinajstić information content (AvgIpc) is 3.42. The quantitative estimate of drug-likeness (QED) is 0.619. The zero-order valence-electron chi connectivity index (χ0n) is 15.4. The molecule has 7 heteroatoms. The molecule has 0 atom stereocenters. The van der Waals surface area contributed by atoms with Crippen LogP contribution in [0, 0.1) is 0 Å². The number of hydrogen-bond acceptors (Lipinski definition) is 4. The maximum absolute atomic E-state index is 13.4. The smallest absolute Gasteiger partial charge is 0.296 e. The number of fused-ring (bicyclic) bond motifs is 2. The van der Waals surface area contributed by atoms with Gasteiger partial charge < -0.3 is 0 Å². The van der Waals surface area contributed by atoms with Crippen molar-refractivity contribution < 1.29 is 14.4 Å². The van der Waals surface area contributed by atoms with Crippen LogP contribution < -0.4 is 14.7 Å². The van der Waals surface area contributed by atoms with Gasteiger partial charge in [0, 0.05) is 12.2 Å². The fourth-order valence-corrected chi connectivity index (χ4v) is 4.56. The Morgan fingerprint density at radius 2 is 1.55 bits per heavy atom. The summed E-state index contributed by atoms with van der Waals surface area (Å²) in [4.78, 5) is 44.2. The zero-order chi connectivity index (χ0) is 20.0. The lowest BCUT2D eigenvalue weighted by Crippen LogP contribution is -2.54. The maximum atomic E-state index is 13.4. The largest absolute Gasteiger partial charge is 0.335 e. The number of rotatable bonds is 1. The van der Waals surface area contributed by atoms with Crippen molar-refractivity contribution in [3.8, 4) is 0 Å². The average molecular weight is 403 g/mol. The number of carbonyl (C=O) groups is 3. The Bertz CT molecular complexity index is 1130. The van der Waals surface area contributed by atoms with E-state index in [1.54, 1.807) is 41.3 Å². The SMILES string of the molecule is O=C(c1cccs1)N1CC(=O)N(C(=O)N2CCc3ccccc32)c2ccccc21. The van der Waals surface area contributed by atoms with Crippen LogP contribution in [0.25, 0.3) is 0 Å². The molecule has 0 unspecified atom stereocenters. The van der Waals surface area contributed by atoms with E-state index in [0.717, 1.165) is 17.7 Å². The molecule has 2 aliphatic rings. The van der Waals surface area contributed by atoms with Gasteiger partial charge >= 0.3 is 6.03 Å². The fourth-order valence-electron chi connectivity index (χ4n) is 3.89. The van der Waals surface area contributed by atoms with Gasteiger partial charge in [-0.2, -0.15) is 0 Å². The second kappa shape index (κ2) is 6.86. The molecule has 3 aromatic rings. The van der Waals surface area contributed by atoms with Crippen LogP contribution in [0.5, 0.6) is 0 Å². The Kier molecular flexibility index (Phi) is 4.17. The number of imide groups is 1. The van der Waals surface area contributed by atoms with Gasteiger partial charge in [0.05, 0.1) is 16.3 Å². The summed E-state index contributed by atoms with van der Waals surface area (Å²) < 4.78 is 0. The second-order valence-corrected chi connectivity index (χ2v) is 7.85. The molecule has 144 valence electrons. The monoisotopic (exact) mass is 403 g/mol. The number of benzene rings is 2. The van der Waals surface area contributed by atoms with Gasteiger partial charge in [0.15, 0.2) is 0 Å². The summed E-state index contributed by atoms with van der Waals surface area (Å²) in [5.41, 5.74) is 2.92. The number of carbonyl (C=O) groups excluding carboxylic acids is 3. The fraction of sp³-hybridized carbons (Fsp3) is 0.136. The molecule has 6 nitrogen and oxygen atoms in total. The van der Waals surface area contributed by atoms with Gasteiger partial charge in [0.1, 0.15) is 6.54 Å². The van der Waals surface area contributed by atoms with E-state index in [1.807, 2.05) is 29.6 Å². The number of amides is 4. The first-order valence-corrected chi connectivity index (χ1v) is 10.2. The van der Waals surface area contributed by atoms with Gasteiger partial charge in [0.25, 0.3) is 11.8 Å². The highest BCUT2D eigenvalue weighted by Crippen LogP contribution is 2.37. The minimum atomic E-state index is -0.414. The van der Waals surface area contributed by atoms with E-state index >= 15 is 0 Å². The highest BCUT2D eigenvalue weighted by Gasteiger charge is 2.39. The van der Waals surface area contributed by atoms with E-state index in [4.69, 9.17) is 0 Å². The summed E-state index contributed by atoms with van der Waals surface area (Å²) in [5.74, 6) is -0.651. The molecule has 0 N–H and O–H groups in total. The van der Waals surface area contributed by atoms with E-state index < -0.39 is 5.91 Å². The lowest BCUT2D eigenvalue weighted by Gasteiger charge is -2.36. The van der Waals surface area contributed by atoms with E-state index in [-0.39, 0.29) is 18.5 Å². The van der Waals surface area contributed by atoms with Crippen molar-refractivity contribution in [3.63, 3.8) is 0 Å². The summed E-state index contributed by atoms with van der Waals surface area (Å²) in [6.45, 7) is 0.358. The lowest BCUT2D eigenvalue weighted by atomic mass is 10.1. The molecule has 3 heterocycles. The van der Waals surface area contributed by atoms with Gasteiger partial charge in [-0.1, -0.05) is 36.4 Å². The molecule has 0 fully saturated rings. The first-order chi connectivity index (χ1) is 14.1. The van der Waals surface area contributed by atoms with Gasteiger partial charge in [-0.3, -0.25) is 19.4 Å². The summed E-state index contributed by atoms with van der Waals surface area (Å²) in [6.07, 6.45) is 0.759. The molecule has 0 saturated carbocycles. The van der Waals surface area contributed by atoms with E-state index in [0.29, 0.717) is 22.8 Å². The molecule has 0 radical (unpaired) electrons. The molecule has 0 spiro atoms. The van der Waals surface area contributed by atoms with Gasteiger partial charge in [-0.25, -0.2) is 9.69 Å². The Morgan fingerprint density at radius 3 is 2.31 bits per heavy atom. The summed E-state index contributed by atoms with van der Waals surface area (Å²) in [7, 11) is 0. The van der Waals surface area contributed by atoms with Crippen molar-refractivity contribution in [3.05, 3.63) is 76.5 Å². The second-order valence-electron chi connectivity index (χ2n) is 6.90. The summed E-state index contributed by atoms with van der Waals surface area (Å²) in [5, 5.41) is 1.82. The number of thiophene rings is 1. The first-order valence-electron chi connectivity index (χ1n) is 9.32. The molecular formula is C22H17N3O3S. The predicted molar refractivity (Wildman–Crippen MR) is 113 cm³/mol. The molecule has 2 aromatic carbocycles. The lowest BCUT2D eigenvalue weighted by molar-refractivity contribution is -0.116. The van der Waals surface area contributed by atoms with E-state index in [9.17, 15) is 14.4 Å². The van der Waals surface area contributed by atoms with Gasteiger partial charge in [0.2, 0.25) is 0 Å². The molecule has 0 saturated heterocycles. The van der Waals surface area contributed by atoms with Crippen LogP contribution in [0.1, 0.15) is 15.2 Å². The third-order valence-electron chi connectivity index (χ3n) is 5.24. The molecular weight excluding hydrogens is 386 g/mol. The Hall–Kier alpha value is -3.45. The van der Waals surface area contributed by atoms with Gasteiger partial charge in [-0.15, -0.1) is 11.3 Å². The Labute approximate surface area is 171 Å². The van der Waals surface area contributed by atoms with Crippen LogP contribution in [0.15, 0.2) is 66.0 Å². The zero-order valence-corrected chi connectivity index (χ0v) is 16.3. The number of anilines is 3. The molecule has 1 aromatic heterocycles. The highest BCUT2D eigenvalue weighted by molar-refractivity contribution is 7.12. The van der Waals surface area contributed by atoms with Crippen LogP contribution in [-0.2, 0) is 11.2 Å². The predicted octanol–water partition coefficient (Wildman–Crippen LogP) is 3.92. The normalized spacial score (nSPS) is 15.3. The molecule has 2 aliphatic heterocycles. The minimum absolute atomic E-state index is 0.172. The van der Waals surface area contributed by atoms with Crippen molar-refractivity contribution >= 4 is 46.2 Å². The van der Waals surface area contributed by atoms with Crippen LogP contribution in [-0.4, -0.2) is 30.9 Å². The van der Waals surface area contributed by atoms with Gasteiger partial charge in [-0.05, 0) is 41.6 Å². The number of nitrogens with zero attached hydrogens (tertiary/aromatic N) is 3. The van der Waals surface area contributed by atoms with Crippen LogP contribution in [0.3, 0.4) is 0 Å². The highest BCUT2D eigenvalue weighted by atomic mass is 32.1. The molecule has 4 amide bonds. The van der Waals surface area contributed by atoms with Crippen molar-refractivity contribution in [2.45, 2.75) is 6.42 Å². The van der Waals surface area contributed by atoms with Crippen molar-refractivity contribution in [2.75, 3.05) is 27.8 Å². The van der Waals surface area contributed by atoms with E-state index in [2.05, 4.69) is 0 Å². The maximum Gasteiger partial charge on any atom is 0.335 e. The number of hydrogen-bond donors (Lipinski definition) is 0. The van der Waals surface area contributed by atoms with E-state index in [1.165, 1.54) is 21.1 Å². The van der Waals surface area contributed by atoms with Crippen molar-refractivity contribution in [2.24, 2.45) is 0 Å². The van der Waals surface area contributed by atoms with Crippen molar-refractivity contribution in [1.82, 2.24) is 0 Å². The summed E-state index contributed by atoms with van der Waals surface area (Å²) >= 11 is 1.33. The van der Waals surface area contributed by atoms with Crippen LogP contribution >= 0.6 is 11.3 Å². The number of para-hydroxylation sites is 3. The molecule has 0 aliphatic carbocycles. The number of urea groups is 1. The standard InChI is InChI=1S/C22H17N3O3S/c26-20-14-24(21(27)19-10-5-13-29-19)17-8-3-4-9-18(17)25(20)22(28)23-12-11-15-6-1-2-7-16(15)23/h1-10,13H,11-12,14H2. The van der Waals surface area contributed by atoms with Crippen molar-refractivity contribution in [1.29, 1.82) is 0 Å². The van der Waals surface area contributed by atoms with Crippen LogP contribution in [0.4, 0.5) is 21.9 Å². The summed E-state index contributed by atoms with van der Waals surface area (Å²) in [6, 6.07) is 17.9. The Morgan fingerprint density at radius 1 is 0.828 bits per heavy atom. The molecule has 5 rings (SSSR count). The van der Waals surface area contributed by atoms with Crippen LogP contribution in [0.2, 0.25) is 0 Å². The third kappa shape index (κ3) is 2.82. The Balaban J connectivity index is 1.53. The minimum Gasteiger partial charge on any atom is -0.296 e. The first kappa shape index (κ1) is 17.6. The molecule has 29 heavy (non-hydrogen) atoms. The third-order valence-corrected chi connectivity index (χ3v) is 6.10. The molecule has 0 bridgehead atoms. The topological polar surface area (TPSA) is 60.9 Å².